The molecule has 0 unspecified atom stereocenters. The molecule has 0 aromatic heterocycles. The Labute approximate surface area is 146 Å². The van der Waals surface area contributed by atoms with Gasteiger partial charge in [0.2, 0.25) is 17.7 Å². The summed E-state index contributed by atoms with van der Waals surface area (Å²) in [5.74, 6) is -0.809. The first kappa shape index (κ1) is 18.9. The number of anilines is 1. The summed E-state index contributed by atoms with van der Waals surface area (Å²) in [6.07, 6.45) is 0. The van der Waals surface area contributed by atoms with Crippen LogP contribution in [0.5, 0.6) is 0 Å². The highest BCUT2D eigenvalue weighted by Gasteiger charge is 2.23. The highest BCUT2D eigenvalue weighted by molar-refractivity contribution is 5.92. The molecule has 136 valence electrons. The number of piperazine rings is 1. The standard InChI is InChI=1S/C17H23FN4O3/c1-13(23)21-6-8-22(9-7-21)17(25)12-20(2)11-16(24)19-15-5-3-4-14(18)10-15/h3-5,10H,6-9,11-12H2,1-2H3,(H,19,24). The van der Waals surface area contributed by atoms with E-state index in [-0.39, 0.29) is 30.8 Å². The van der Waals surface area contributed by atoms with Crippen LogP contribution < -0.4 is 5.32 Å². The van der Waals surface area contributed by atoms with Crippen molar-refractivity contribution in [2.75, 3.05) is 51.6 Å². The Bertz CT molecular complexity index is 645. The zero-order chi connectivity index (χ0) is 18.4. The van der Waals surface area contributed by atoms with Crippen LogP contribution in [-0.4, -0.2) is 78.7 Å². The molecule has 0 bridgehead atoms. The van der Waals surface area contributed by atoms with E-state index in [0.717, 1.165) is 0 Å². The maximum Gasteiger partial charge on any atom is 0.238 e. The summed E-state index contributed by atoms with van der Waals surface area (Å²) < 4.78 is 13.1. The average Bonchev–Trinajstić information content (AvgIpc) is 2.54. The van der Waals surface area contributed by atoms with Gasteiger partial charge in [0.15, 0.2) is 0 Å². The van der Waals surface area contributed by atoms with E-state index in [1.165, 1.54) is 25.1 Å². The second-order valence-corrected chi connectivity index (χ2v) is 6.12. The Morgan fingerprint density at radius 2 is 1.76 bits per heavy atom. The molecule has 7 nitrogen and oxygen atoms in total. The predicted octanol–water partition coefficient (Wildman–Crippen LogP) is 0.387. The Kier molecular flexibility index (Phi) is 6.46. The molecule has 1 aliphatic heterocycles. The molecule has 0 spiro atoms. The van der Waals surface area contributed by atoms with Gasteiger partial charge < -0.3 is 15.1 Å². The van der Waals surface area contributed by atoms with Crippen LogP contribution in [0.25, 0.3) is 0 Å². The van der Waals surface area contributed by atoms with Crippen LogP contribution in [0.4, 0.5) is 10.1 Å². The van der Waals surface area contributed by atoms with Crippen molar-refractivity contribution in [1.82, 2.24) is 14.7 Å². The Balaban J connectivity index is 1.75. The number of carbonyl (C=O) groups excluding carboxylic acids is 3. The number of hydrogen-bond donors (Lipinski definition) is 1. The average molecular weight is 350 g/mol. The van der Waals surface area contributed by atoms with Crippen molar-refractivity contribution in [3.8, 4) is 0 Å². The van der Waals surface area contributed by atoms with Gasteiger partial charge in [0.05, 0.1) is 13.1 Å². The second kappa shape index (κ2) is 8.57. The molecule has 0 radical (unpaired) electrons. The van der Waals surface area contributed by atoms with Crippen molar-refractivity contribution in [3.05, 3.63) is 30.1 Å². The largest absolute Gasteiger partial charge is 0.339 e. The van der Waals surface area contributed by atoms with Crippen molar-refractivity contribution in [1.29, 1.82) is 0 Å². The molecule has 1 aliphatic rings. The monoisotopic (exact) mass is 350 g/mol. The number of amides is 3. The smallest absolute Gasteiger partial charge is 0.238 e. The normalized spacial score (nSPS) is 14.6. The first-order valence-electron chi connectivity index (χ1n) is 8.12. The molecule has 1 heterocycles. The van der Waals surface area contributed by atoms with Gasteiger partial charge in [-0.15, -0.1) is 0 Å². The Hall–Kier alpha value is -2.48. The molecular formula is C17H23FN4O3. The van der Waals surface area contributed by atoms with Gasteiger partial charge in [-0.3, -0.25) is 19.3 Å². The van der Waals surface area contributed by atoms with Gasteiger partial charge >= 0.3 is 0 Å². The second-order valence-electron chi connectivity index (χ2n) is 6.12. The van der Waals surface area contributed by atoms with Crippen LogP contribution in [0.3, 0.4) is 0 Å². The van der Waals surface area contributed by atoms with Crippen LogP contribution in [0.15, 0.2) is 24.3 Å². The van der Waals surface area contributed by atoms with Crippen molar-refractivity contribution in [2.45, 2.75) is 6.92 Å². The van der Waals surface area contributed by atoms with Crippen LogP contribution >= 0.6 is 0 Å². The minimum absolute atomic E-state index is 0.0123. The van der Waals surface area contributed by atoms with Crippen LogP contribution in [0.1, 0.15) is 6.92 Å². The lowest BCUT2D eigenvalue weighted by atomic mass is 10.3. The van der Waals surface area contributed by atoms with Crippen LogP contribution in [0, 0.1) is 5.82 Å². The van der Waals surface area contributed by atoms with Gasteiger partial charge in [-0.1, -0.05) is 6.07 Å². The summed E-state index contributed by atoms with van der Waals surface area (Å²) >= 11 is 0. The van der Waals surface area contributed by atoms with Crippen molar-refractivity contribution in [3.63, 3.8) is 0 Å². The maximum absolute atomic E-state index is 13.1. The number of halogens is 1. The summed E-state index contributed by atoms with van der Waals surface area (Å²) in [4.78, 5) is 40.5. The minimum Gasteiger partial charge on any atom is -0.339 e. The van der Waals surface area contributed by atoms with Crippen molar-refractivity contribution in [2.24, 2.45) is 0 Å². The van der Waals surface area contributed by atoms with E-state index in [0.29, 0.717) is 31.9 Å². The first-order valence-corrected chi connectivity index (χ1v) is 8.12. The van der Waals surface area contributed by atoms with Gasteiger partial charge in [-0.2, -0.15) is 0 Å². The molecule has 2 rings (SSSR count). The lowest BCUT2D eigenvalue weighted by Crippen LogP contribution is -2.52. The minimum atomic E-state index is -0.425. The fraction of sp³-hybridized carbons (Fsp3) is 0.471. The number of carbonyl (C=O) groups is 3. The Morgan fingerprint density at radius 3 is 2.36 bits per heavy atom. The van der Waals surface area contributed by atoms with Crippen LogP contribution in [0.2, 0.25) is 0 Å². The highest BCUT2D eigenvalue weighted by Crippen LogP contribution is 2.09. The van der Waals surface area contributed by atoms with Crippen LogP contribution in [-0.2, 0) is 14.4 Å². The van der Waals surface area contributed by atoms with E-state index in [1.54, 1.807) is 27.8 Å². The topological polar surface area (TPSA) is 73.0 Å². The molecule has 25 heavy (non-hydrogen) atoms. The third kappa shape index (κ3) is 5.82. The van der Waals surface area contributed by atoms with E-state index in [1.807, 2.05) is 0 Å². The van der Waals surface area contributed by atoms with Gasteiger partial charge in [0.25, 0.3) is 0 Å². The molecule has 1 N–H and O–H groups in total. The molecule has 8 heteroatoms. The van der Waals surface area contributed by atoms with Gasteiger partial charge in [0.1, 0.15) is 5.82 Å². The number of benzene rings is 1. The zero-order valence-electron chi connectivity index (χ0n) is 14.5. The molecule has 1 fully saturated rings. The summed E-state index contributed by atoms with van der Waals surface area (Å²) in [5, 5.41) is 2.60. The van der Waals surface area contributed by atoms with Crippen molar-refractivity contribution < 1.29 is 18.8 Å². The van der Waals surface area contributed by atoms with E-state index in [2.05, 4.69) is 5.32 Å². The third-order valence-electron chi connectivity index (χ3n) is 4.00. The summed E-state index contributed by atoms with van der Waals surface area (Å²) in [6.45, 7) is 3.72. The highest BCUT2D eigenvalue weighted by atomic mass is 19.1. The fourth-order valence-corrected chi connectivity index (χ4v) is 2.67. The predicted molar refractivity (Wildman–Crippen MR) is 91.4 cm³/mol. The first-order chi connectivity index (χ1) is 11.8. The van der Waals surface area contributed by atoms with Crippen molar-refractivity contribution >= 4 is 23.4 Å². The molecule has 0 atom stereocenters. The van der Waals surface area contributed by atoms with Gasteiger partial charge in [0, 0.05) is 38.8 Å². The lowest BCUT2D eigenvalue weighted by Gasteiger charge is -2.35. The molecule has 1 aromatic carbocycles. The molecule has 0 saturated carbocycles. The number of nitrogens with one attached hydrogen (secondary N) is 1. The number of likely N-dealkylation sites (N-methyl/N-ethyl adjacent to an activating group) is 1. The zero-order valence-corrected chi connectivity index (χ0v) is 14.5. The van der Waals surface area contributed by atoms with E-state index in [9.17, 15) is 18.8 Å². The SMILES string of the molecule is CC(=O)N1CCN(C(=O)CN(C)CC(=O)Nc2cccc(F)c2)CC1. The van der Waals surface area contributed by atoms with E-state index in [4.69, 9.17) is 0 Å². The molecule has 1 aromatic rings. The summed E-state index contributed by atoms with van der Waals surface area (Å²) in [7, 11) is 1.68. The quantitative estimate of drug-likeness (QED) is 0.834. The Morgan fingerprint density at radius 1 is 1.12 bits per heavy atom. The lowest BCUT2D eigenvalue weighted by molar-refractivity contribution is -0.139. The molecule has 3 amide bonds. The van der Waals surface area contributed by atoms with Gasteiger partial charge in [-0.25, -0.2) is 4.39 Å². The van der Waals surface area contributed by atoms with Gasteiger partial charge in [-0.05, 0) is 25.2 Å². The summed E-state index contributed by atoms with van der Waals surface area (Å²) in [5.41, 5.74) is 0.380. The third-order valence-corrected chi connectivity index (χ3v) is 4.00. The number of rotatable bonds is 5. The number of hydrogen-bond acceptors (Lipinski definition) is 4. The van der Waals surface area contributed by atoms with E-state index >= 15 is 0 Å². The summed E-state index contributed by atoms with van der Waals surface area (Å²) in [6, 6.07) is 5.64. The molecule has 0 aliphatic carbocycles. The molecule has 1 saturated heterocycles. The van der Waals surface area contributed by atoms with E-state index < -0.39 is 5.82 Å². The number of nitrogens with zero attached hydrogens (tertiary/aromatic N) is 3. The fourth-order valence-electron chi connectivity index (χ4n) is 2.67. The maximum atomic E-state index is 13.1. The molecular weight excluding hydrogens is 327 g/mol.